The van der Waals surface area contributed by atoms with Crippen molar-refractivity contribution in [2.45, 2.75) is 54.4 Å². The summed E-state index contributed by atoms with van der Waals surface area (Å²) in [6.07, 6.45) is 2.07. The number of hydrogen-bond acceptors (Lipinski definition) is 0. The number of rotatable bonds is 10. The zero-order valence-electron chi connectivity index (χ0n) is 29.4. The summed E-state index contributed by atoms with van der Waals surface area (Å²) in [5, 5.41) is 0. The van der Waals surface area contributed by atoms with Gasteiger partial charge in [-0.15, -0.1) is 11.6 Å². The minimum Gasteiger partial charge on any atom is -0.243 e. The number of hydrogen-bond donors (Lipinski definition) is 0. The molecule has 3 heteroatoms. The Hall–Kier alpha value is -3.98. The van der Waals surface area contributed by atoms with Crippen LogP contribution in [0.3, 0.4) is 0 Å². The number of halogens is 3. The molecule has 0 nitrogen and oxygen atoms in total. The van der Waals surface area contributed by atoms with Gasteiger partial charge in [0.05, 0.1) is 9.20 Å². The lowest BCUT2D eigenvalue weighted by Crippen LogP contribution is -2.77. The van der Waals surface area contributed by atoms with Gasteiger partial charge >= 0.3 is 0 Å². The Labute approximate surface area is 316 Å². The van der Waals surface area contributed by atoms with E-state index in [-0.39, 0.29) is 0 Å². The predicted octanol–water partition coefficient (Wildman–Crippen LogP) is 12.7. The van der Waals surface area contributed by atoms with Crippen LogP contribution >= 0.6 is 27.5 Å². The van der Waals surface area contributed by atoms with Crippen LogP contribution < -0.4 is 0 Å². The molecular formula is C48H45BrClF. The van der Waals surface area contributed by atoms with Gasteiger partial charge in [0, 0.05) is 16.7 Å². The molecule has 0 aliphatic heterocycles. The highest BCUT2D eigenvalue weighted by atomic mass is 79.9. The Bertz CT molecular complexity index is 1960. The van der Waals surface area contributed by atoms with Crippen molar-refractivity contribution in [1.29, 1.82) is 0 Å². The molecule has 0 heterocycles. The third kappa shape index (κ3) is 5.89. The fraction of sp³-hybridized carbons (Fsp3) is 0.250. The number of benzene rings is 6. The van der Waals surface area contributed by atoms with Crippen molar-refractivity contribution in [2.24, 2.45) is 16.7 Å². The van der Waals surface area contributed by atoms with Gasteiger partial charge in [-0.25, -0.2) is 4.39 Å². The summed E-state index contributed by atoms with van der Waals surface area (Å²) >= 11 is 13.3. The van der Waals surface area contributed by atoms with Gasteiger partial charge in [0.2, 0.25) is 0 Å². The molecule has 0 saturated heterocycles. The molecule has 6 aromatic rings. The molecule has 7 rings (SSSR count). The molecule has 0 aromatic heterocycles. The van der Waals surface area contributed by atoms with Gasteiger partial charge in [0.1, 0.15) is 5.67 Å². The fourth-order valence-electron chi connectivity index (χ4n) is 9.65. The first-order valence-electron chi connectivity index (χ1n) is 18.0. The van der Waals surface area contributed by atoms with Gasteiger partial charge in [-0.05, 0) is 66.0 Å². The van der Waals surface area contributed by atoms with Crippen LogP contribution in [-0.2, 0) is 34.9 Å². The molecule has 258 valence electrons. The Kier molecular flexibility index (Phi) is 9.87. The van der Waals surface area contributed by atoms with Crippen LogP contribution in [0.25, 0.3) is 0 Å². The van der Waals surface area contributed by atoms with Crippen LogP contribution in [0.4, 0.5) is 4.39 Å². The highest BCUT2D eigenvalue weighted by Crippen LogP contribution is 2.79. The molecule has 5 atom stereocenters. The van der Waals surface area contributed by atoms with E-state index < -0.39 is 31.6 Å². The van der Waals surface area contributed by atoms with E-state index in [2.05, 4.69) is 162 Å². The van der Waals surface area contributed by atoms with Gasteiger partial charge in [-0.2, -0.15) is 0 Å². The first-order chi connectivity index (χ1) is 24.7. The average Bonchev–Trinajstić information content (AvgIpc) is 3.17. The molecule has 1 saturated carbocycles. The van der Waals surface area contributed by atoms with Crippen LogP contribution in [-0.4, -0.2) is 5.67 Å². The van der Waals surface area contributed by atoms with E-state index in [1.165, 1.54) is 0 Å². The summed E-state index contributed by atoms with van der Waals surface area (Å²) < 4.78 is 19.0. The average molecular weight is 756 g/mol. The van der Waals surface area contributed by atoms with E-state index in [4.69, 9.17) is 11.6 Å². The van der Waals surface area contributed by atoms with Gasteiger partial charge < -0.3 is 0 Å². The van der Waals surface area contributed by atoms with E-state index in [0.29, 0.717) is 25.7 Å². The van der Waals surface area contributed by atoms with Crippen molar-refractivity contribution in [1.82, 2.24) is 0 Å². The molecule has 0 bridgehead atoms. The van der Waals surface area contributed by atoms with Crippen molar-refractivity contribution in [2.75, 3.05) is 0 Å². The highest BCUT2D eigenvalue weighted by Gasteiger charge is 2.80. The van der Waals surface area contributed by atoms with Gasteiger partial charge in [-0.3, -0.25) is 0 Å². The summed E-state index contributed by atoms with van der Waals surface area (Å²) in [4.78, 5) is -1.18. The minimum atomic E-state index is -1.83. The Morgan fingerprint density at radius 1 is 0.490 bits per heavy atom. The fourth-order valence-corrected chi connectivity index (χ4v) is 11.8. The van der Waals surface area contributed by atoms with Gasteiger partial charge in [0.15, 0.2) is 0 Å². The molecule has 0 radical (unpaired) electrons. The lowest BCUT2D eigenvalue weighted by atomic mass is 9.37. The molecule has 6 aromatic carbocycles. The summed E-state index contributed by atoms with van der Waals surface area (Å²) in [6, 6.07) is 62.9. The predicted molar refractivity (Wildman–Crippen MR) is 215 cm³/mol. The zero-order chi connectivity index (χ0) is 35.6. The van der Waals surface area contributed by atoms with Crippen LogP contribution in [0.5, 0.6) is 0 Å². The molecule has 5 unspecified atom stereocenters. The molecule has 1 aliphatic carbocycles. The van der Waals surface area contributed by atoms with Gasteiger partial charge in [0.25, 0.3) is 0 Å². The number of alkyl halides is 3. The van der Waals surface area contributed by atoms with Crippen molar-refractivity contribution < 1.29 is 4.39 Å². The van der Waals surface area contributed by atoms with Crippen molar-refractivity contribution in [3.8, 4) is 0 Å². The standard InChI is InChI=1S/C48H45BrClF/c1-44(34-38-23-11-4-12-24-38)47(50,41-29-17-7-18-30-41)43(33-37-21-9-3-10-22-37)45(2,51)46(35-39-25-13-5-14-26-39,36-40-27-15-6-16-28-40)48(44,49)42-31-19-8-20-32-42/h3-32,43H,33-36H2,1-2H3. The van der Waals surface area contributed by atoms with Crippen molar-refractivity contribution >= 4 is 27.5 Å². The normalized spacial score (nSPS) is 27.1. The molecule has 0 spiro atoms. The maximum atomic E-state index is 20.0. The van der Waals surface area contributed by atoms with Gasteiger partial charge in [-0.1, -0.05) is 205 Å². The lowest BCUT2D eigenvalue weighted by Gasteiger charge is -2.73. The molecule has 1 fully saturated rings. The van der Waals surface area contributed by atoms with Crippen LogP contribution in [0, 0.1) is 16.7 Å². The zero-order valence-corrected chi connectivity index (χ0v) is 31.7. The topological polar surface area (TPSA) is 0 Å². The summed E-state index contributed by atoms with van der Waals surface area (Å²) in [6.45, 7) is 4.20. The van der Waals surface area contributed by atoms with E-state index >= 15 is 4.39 Å². The van der Waals surface area contributed by atoms with Crippen LogP contribution in [0.15, 0.2) is 182 Å². The first-order valence-corrected chi connectivity index (χ1v) is 19.2. The molecule has 1 aliphatic rings. The molecule has 0 amide bonds. The molecular weight excluding hydrogens is 711 g/mol. The Morgan fingerprint density at radius 3 is 1.24 bits per heavy atom. The van der Waals surface area contributed by atoms with Crippen molar-refractivity contribution in [3.05, 3.63) is 215 Å². The second kappa shape index (κ2) is 14.2. The maximum Gasteiger partial charge on any atom is 0.121 e. The quantitative estimate of drug-likeness (QED) is 0.122. The smallest absolute Gasteiger partial charge is 0.121 e. The van der Waals surface area contributed by atoms with Crippen LogP contribution in [0.1, 0.15) is 47.2 Å². The highest BCUT2D eigenvalue weighted by molar-refractivity contribution is 9.09. The summed E-state index contributed by atoms with van der Waals surface area (Å²) in [5.41, 5.74) is 2.71. The summed E-state index contributed by atoms with van der Waals surface area (Å²) in [5.74, 6) is -0.632. The lowest BCUT2D eigenvalue weighted by molar-refractivity contribution is -0.180. The van der Waals surface area contributed by atoms with Crippen LogP contribution in [0.2, 0.25) is 0 Å². The first kappa shape index (κ1) is 35.4. The third-order valence-corrected chi connectivity index (χ3v) is 15.0. The van der Waals surface area contributed by atoms with E-state index in [0.717, 1.165) is 33.4 Å². The monoisotopic (exact) mass is 754 g/mol. The van der Waals surface area contributed by atoms with E-state index in [9.17, 15) is 0 Å². The Morgan fingerprint density at radius 2 is 0.824 bits per heavy atom. The van der Waals surface area contributed by atoms with E-state index in [1.807, 2.05) is 49.4 Å². The molecule has 51 heavy (non-hydrogen) atoms. The molecule has 0 N–H and O–H groups in total. The van der Waals surface area contributed by atoms with E-state index in [1.54, 1.807) is 0 Å². The maximum absolute atomic E-state index is 20.0. The third-order valence-electron chi connectivity index (χ3n) is 12.0. The minimum absolute atomic E-state index is 0.472. The Balaban J connectivity index is 1.65. The summed E-state index contributed by atoms with van der Waals surface area (Å²) in [7, 11) is 0. The SMILES string of the molecule is CC1(F)C(Cc2ccccc2)C(Cl)(c2ccccc2)C(C)(Cc2ccccc2)C(Br)(c2ccccc2)C1(Cc1ccccc1)Cc1ccccc1. The van der Waals surface area contributed by atoms with Crippen molar-refractivity contribution in [3.63, 3.8) is 0 Å². The largest absolute Gasteiger partial charge is 0.243 e. The second-order valence-corrected chi connectivity index (χ2v) is 16.6. The second-order valence-electron chi connectivity index (χ2n) is 14.8.